The number of rotatable bonds is 5. The van der Waals surface area contributed by atoms with Crippen LogP contribution in [0.3, 0.4) is 0 Å². The third kappa shape index (κ3) is 3.37. The quantitative estimate of drug-likeness (QED) is 0.629. The molecular weight excluding hydrogens is 400 g/mol. The topological polar surface area (TPSA) is 81.2 Å². The Morgan fingerprint density at radius 2 is 2.13 bits per heavy atom. The number of nitrogens with zero attached hydrogens (tertiary/aromatic N) is 6. The smallest absolute Gasteiger partial charge is 0.234 e. The maximum absolute atomic E-state index is 9.11. The highest BCUT2D eigenvalue weighted by Crippen LogP contribution is 2.46. The highest BCUT2D eigenvalue weighted by molar-refractivity contribution is 8.04. The van der Waals surface area contributed by atoms with Gasteiger partial charge in [0.2, 0.25) is 5.95 Å². The molecule has 9 heteroatoms. The second-order valence-corrected chi connectivity index (χ2v) is 8.77. The largest absolute Gasteiger partial charge is 0.493 e. The number of ether oxygens (including phenoxy) is 1. The van der Waals surface area contributed by atoms with Crippen molar-refractivity contribution in [2.24, 2.45) is 0 Å². The molecule has 2 aliphatic rings. The van der Waals surface area contributed by atoms with Crippen LogP contribution in [-0.4, -0.2) is 49.4 Å². The van der Waals surface area contributed by atoms with E-state index in [2.05, 4.69) is 51.5 Å². The van der Waals surface area contributed by atoms with Crippen LogP contribution in [0, 0.1) is 0 Å². The first-order valence-corrected chi connectivity index (χ1v) is 10.9. The molecule has 0 radical (unpaired) electrons. The Balaban J connectivity index is 1.44. The predicted molar refractivity (Wildman–Crippen MR) is 117 cm³/mol. The molecule has 156 valence electrons. The second-order valence-electron chi connectivity index (χ2n) is 7.65. The van der Waals surface area contributed by atoms with E-state index in [0.29, 0.717) is 13.2 Å². The molecule has 0 saturated heterocycles. The van der Waals surface area contributed by atoms with Gasteiger partial charge in [0.25, 0.3) is 0 Å². The first-order valence-electron chi connectivity index (χ1n) is 10.1. The van der Waals surface area contributed by atoms with Gasteiger partial charge in [0.05, 0.1) is 38.5 Å². The maximum Gasteiger partial charge on any atom is 0.234 e. The Bertz CT molecular complexity index is 1100. The summed E-state index contributed by atoms with van der Waals surface area (Å²) in [4.78, 5) is 5.83. The number of hydrogen-bond acceptors (Lipinski definition) is 7. The van der Waals surface area contributed by atoms with Crippen LogP contribution in [0.15, 0.2) is 41.8 Å². The van der Waals surface area contributed by atoms with Crippen LogP contribution in [-0.2, 0) is 6.54 Å². The van der Waals surface area contributed by atoms with Gasteiger partial charge in [0, 0.05) is 28.6 Å². The van der Waals surface area contributed by atoms with Crippen molar-refractivity contribution in [3.05, 3.63) is 47.4 Å². The summed E-state index contributed by atoms with van der Waals surface area (Å²) in [5, 5.41) is 17.8. The van der Waals surface area contributed by atoms with E-state index in [-0.39, 0.29) is 12.6 Å². The third-order valence-electron chi connectivity index (χ3n) is 5.31. The van der Waals surface area contributed by atoms with Gasteiger partial charge in [0.1, 0.15) is 12.1 Å². The number of benzene rings is 1. The van der Waals surface area contributed by atoms with E-state index < -0.39 is 0 Å². The molecule has 2 aromatic heterocycles. The Kier molecular flexibility index (Phi) is 5.00. The minimum atomic E-state index is 0.0735. The van der Waals surface area contributed by atoms with Crippen molar-refractivity contribution in [3.63, 3.8) is 0 Å². The predicted octanol–water partition coefficient (Wildman–Crippen LogP) is 3.38. The van der Waals surface area contributed by atoms with Crippen LogP contribution in [0.4, 0.5) is 5.95 Å². The van der Waals surface area contributed by atoms with Gasteiger partial charge < -0.3 is 9.84 Å². The summed E-state index contributed by atoms with van der Waals surface area (Å²) >= 11 is 1.74. The molecule has 0 amide bonds. The normalized spacial score (nSPS) is 15.9. The van der Waals surface area contributed by atoms with Crippen molar-refractivity contribution < 1.29 is 9.84 Å². The number of aliphatic hydroxyl groups excluding tert-OH is 1. The molecule has 5 rings (SSSR count). The van der Waals surface area contributed by atoms with E-state index in [0.717, 1.165) is 41.4 Å². The number of anilines is 1. The molecule has 2 aliphatic heterocycles. The summed E-state index contributed by atoms with van der Waals surface area (Å²) in [5.74, 6) is 1.79. The van der Waals surface area contributed by atoms with Gasteiger partial charge >= 0.3 is 0 Å². The fourth-order valence-electron chi connectivity index (χ4n) is 3.84. The van der Waals surface area contributed by atoms with Crippen molar-refractivity contribution in [2.75, 3.05) is 24.1 Å². The SMILES string of the molecule is CC(C)n1ncnc1N1CC2=C(CCOc3cc(-c4cnn(CCO)c4)ccc32)S1. The average Bonchev–Trinajstić information content (AvgIpc) is 3.46. The summed E-state index contributed by atoms with van der Waals surface area (Å²) in [5.41, 5.74) is 4.51. The summed E-state index contributed by atoms with van der Waals surface area (Å²) in [6, 6.07) is 6.61. The van der Waals surface area contributed by atoms with Crippen LogP contribution in [0.25, 0.3) is 16.7 Å². The molecule has 0 saturated carbocycles. The van der Waals surface area contributed by atoms with Crippen molar-refractivity contribution in [2.45, 2.75) is 32.9 Å². The minimum absolute atomic E-state index is 0.0735. The lowest BCUT2D eigenvalue weighted by atomic mass is 10.00. The maximum atomic E-state index is 9.11. The Labute approximate surface area is 179 Å². The molecule has 1 N–H and O–H groups in total. The Morgan fingerprint density at radius 1 is 1.23 bits per heavy atom. The van der Waals surface area contributed by atoms with Gasteiger partial charge in [-0.25, -0.2) is 4.68 Å². The molecule has 0 fully saturated rings. The van der Waals surface area contributed by atoms with E-state index >= 15 is 0 Å². The lowest BCUT2D eigenvalue weighted by molar-refractivity contribution is 0.269. The highest BCUT2D eigenvalue weighted by atomic mass is 32.2. The zero-order chi connectivity index (χ0) is 20.7. The molecule has 0 bridgehead atoms. The molecule has 4 heterocycles. The van der Waals surface area contributed by atoms with Gasteiger partial charge in [-0.15, -0.1) is 0 Å². The lowest BCUT2D eigenvalue weighted by Gasteiger charge is -2.19. The summed E-state index contributed by atoms with van der Waals surface area (Å²) in [6.07, 6.45) is 6.28. The van der Waals surface area contributed by atoms with Crippen LogP contribution in [0.5, 0.6) is 5.75 Å². The van der Waals surface area contributed by atoms with Crippen LogP contribution >= 0.6 is 11.9 Å². The summed E-state index contributed by atoms with van der Waals surface area (Å²) in [7, 11) is 0. The van der Waals surface area contributed by atoms with Crippen LogP contribution in [0.2, 0.25) is 0 Å². The van der Waals surface area contributed by atoms with E-state index in [1.54, 1.807) is 23.0 Å². The molecule has 30 heavy (non-hydrogen) atoms. The number of hydrogen-bond donors (Lipinski definition) is 1. The Hall–Kier alpha value is -2.78. The minimum Gasteiger partial charge on any atom is -0.493 e. The van der Waals surface area contributed by atoms with Crippen molar-refractivity contribution in [1.82, 2.24) is 24.5 Å². The molecule has 0 atom stereocenters. The van der Waals surface area contributed by atoms with E-state index in [1.165, 1.54) is 10.5 Å². The van der Waals surface area contributed by atoms with Crippen molar-refractivity contribution in [3.8, 4) is 16.9 Å². The van der Waals surface area contributed by atoms with Gasteiger partial charge in [-0.1, -0.05) is 12.1 Å². The van der Waals surface area contributed by atoms with Gasteiger partial charge in [-0.3, -0.25) is 8.99 Å². The zero-order valence-electron chi connectivity index (χ0n) is 17.0. The van der Waals surface area contributed by atoms with Gasteiger partial charge in [0.15, 0.2) is 0 Å². The average molecular weight is 425 g/mol. The molecule has 0 aliphatic carbocycles. The highest BCUT2D eigenvalue weighted by Gasteiger charge is 2.31. The first kappa shape index (κ1) is 19.2. The first-order chi connectivity index (χ1) is 14.6. The van der Waals surface area contributed by atoms with E-state index in [4.69, 9.17) is 9.84 Å². The molecular formula is C21H24N6O2S. The fraction of sp³-hybridized carbons (Fsp3) is 0.381. The standard InChI is InChI=1S/C21H24N6O2S/c1-14(2)27-21(22-13-24-27)26-12-18-17-4-3-15(16-10-23-25(11-16)6-7-28)9-19(17)29-8-5-20(18)30-26/h3-4,9-11,13-14,28H,5-8,12H2,1-2H3. The monoisotopic (exact) mass is 424 g/mol. The number of aromatic nitrogens is 5. The number of aliphatic hydroxyl groups is 1. The molecule has 0 unspecified atom stereocenters. The van der Waals surface area contributed by atoms with Crippen molar-refractivity contribution >= 4 is 23.5 Å². The molecule has 0 spiro atoms. The van der Waals surface area contributed by atoms with Crippen LogP contribution < -0.4 is 9.04 Å². The van der Waals surface area contributed by atoms with E-state index in [1.807, 2.05) is 17.1 Å². The molecule has 3 aromatic rings. The third-order valence-corrected chi connectivity index (χ3v) is 6.50. The van der Waals surface area contributed by atoms with Crippen molar-refractivity contribution in [1.29, 1.82) is 0 Å². The van der Waals surface area contributed by atoms with E-state index in [9.17, 15) is 0 Å². The van der Waals surface area contributed by atoms with Gasteiger partial charge in [-0.2, -0.15) is 15.2 Å². The number of fused-ring (bicyclic) bond motifs is 2. The summed E-state index contributed by atoms with van der Waals surface area (Å²) < 4.78 is 12.0. The summed E-state index contributed by atoms with van der Waals surface area (Å²) in [6.45, 7) is 6.22. The zero-order valence-corrected chi connectivity index (χ0v) is 17.8. The molecule has 8 nitrogen and oxygen atoms in total. The molecule has 1 aromatic carbocycles. The van der Waals surface area contributed by atoms with Crippen LogP contribution in [0.1, 0.15) is 31.9 Å². The fourth-order valence-corrected chi connectivity index (χ4v) is 4.98. The second kappa shape index (κ2) is 7.81. The Morgan fingerprint density at radius 3 is 2.97 bits per heavy atom. The van der Waals surface area contributed by atoms with Gasteiger partial charge in [-0.05, 0) is 43.0 Å². The lowest BCUT2D eigenvalue weighted by Crippen LogP contribution is -2.19.